The Bertz CT molecular complexity index is 1510. The number of nitro benzene ring substituents is 1. The molecule has 3 aromatic rings. The van der Waals surface area contributed by atoms with Crippen LogP contribution in [-0.4, -0.2) is 54.4 Å². The first kappa shape index (κ1) is 31.6. The van der Waals surface area contributed by atoms with Gasteiger partial charge in [-0.15, -0.1) is 0 Å². The lowest BCUT2D eigenvalue weighted by Crippen LogP contribution is -2.56. The summed E-state index contributed by atoms with van der Waals surface area (Å²) in [7, 11) is -4.06. The summed E-state index contributed by atoms with van der Waals surface area (Å²) in [6.07, 6.45) is 1.07. The number of hydrogen-bond donors (Lipinski definition) is 1. The van der Waals surface area contributed by atoms with Gasteiger partial charge in [-0.3, -0.25) is 24.0 Å². The fraction of sp³-hybridized carbons (Fsp3) is 0.310. The van der Waals surface area contributed by atoms with E-state index in [0.29, 0.717) is 10.6 Å². The van der Waals surface area contributed by atoms with Gasteiger partial charge in [0.2, 0.25) is 21.8 Å². The molecule has 0 bridgehead atoms. The quantitative estimate of drug-likeness (QED) is 0.253. The van der Waals surface area contributed by atoms with Crippen LogP contribution in [0, 0.1) is 10.1 Å². The Labute approximate surface area is 245 Å². The van der Waals surface area contributed by atoms with Crippen LogP contribution in [0.1, 0.15) is 31.9 Å². The third kappa shape index (κ3) is 9.29. The minimum absolute atomic E-state index is 0.0407. The highest BCUT2D eigenvalue weighted by atomic mass is 35.5. The highest BCUT2D eigenvalue weighted by Gasteiger charge is 2.34. The largest absolute Gasteiger partial charge is 0.350 e. The van der Waals surface area contributed by atoms with Crippen molar-refractivity contribution in [3.05, 3.63) is 105 Å². The standard InChI is InChI=1S/C29H33ClN4O6S/c1-29(2,3)31-28(36)26(17-21-10-6-5-7-11-21)32(19-22-12-8-13-23(30)16-22)27(35)20-33(41(4,39)40)24-14-9-15-25(18-24)34(37)38/h5-16,18,26H,17,19-20H2,1-4H3,(H,31,36). The van der Waals surface area contributed by atoms with E-state index in [4.69, 9.17) is 11.6 Å². The Kier molecular flexibility index (Phi) is 10.1. The predicted molar refractivity (Wildman–Crippen MR) is 159 cm³/mol. The van der Waals surface area contributed by atoms with Gasteiger partial charge in [-0.05, 0) is 50.1 Å². The van der Waals surface area contributed by atoms with E-state index >= 15 is 0 Å². The first-order valence-electron chi connectivity index (χ1n) is 12.8. The van der Waals surface area contributed by atoms with Crippen molar-refractivity contribution < 1.29 is 22.9 Å². The van der Waals surface area contributed by atoms with Crippen LogP contribution in [-0.2, 0) is 32.6 Å². The van der Waals surface area contributed by atoms with Gasteiger partial charge in [-0.2, -0.15) is 0 Å². The number of amides is 2. The molecule has 0 heterocycles. The summed E-state index contributed by atoms with van der Waals surface area (Å²) >= 11 is 6.21. The van der Waals surface area contributed by atoms with Gasteiger partial charge in [0, 0.05) is 35.7 Å². The van der Waals surface area contributed by atoms with E-state index in [2.05, 4.69) is 5.32 Å². The van der Waals surface area contributed by atoms with Crippen molar-refractivity contribution in [3.8, 4) is 0 Å². The Balaban J connectivity index is 2.09. The van der Waals surface area contributed by atoms with Crippen molar-refractivity contribution in [2.45, 2.75) is 45.3 Å². The highest BCUT2D eigenvalue weighted by Crippen LogP contribution is 2.25. The molecule has 3 aromatic carbocycles. The normalized spacial score (nSPS) is 12.3. The Morgan fingerprint density at radius 2 is 1.61 bits per heavy atom. The number of nitro groups is 1. The van der Waals surface area contributed by atoms with Crippen LogP contribution in [0.15, 0.2) is 78.9 Å². The summed E-state index contributed by atoms with van der Waals surface area (Å²) in [6, 6.07) is 20.0. The first-order valence-corrected chi connectivity index (χ1v) is 15.0. The zero-order valence-electron chi connectivity index (χ0n) is 23.3. The van der Waals surface area contributed by atoms with Crippen molar-refractivity contribution in [1.82, 2.24) is 10.2 Å². The average molecular weight is 601 g/mol. The van der Waals surface area contributed by atoms with Gasteiger partial charge in [0.15, 0.2) is 0 Å². The molecule has 12 heteroatoms. The SMILES string of the molecule is CC(C)(C)NC(=O)C(Cc1ccccc1)N(Cc1cccc(Cl)c1)C(=O)CN(c1cccc([N+](=O)[O-])c1)S(C)(=O)=O. The molecule has 10 nitrogen and oxygen atoms in total. The van der Waals surface area contributed by atoms with Crippen LogP contribution in [0.5, 0.6) is 0 Å². The molecule has 0 aliphatic carbocycles. The van der Waals surface area contributed by atoms with Crippen LogP contribution in [0.25, 0.3) is 0 Å². The molecule has 0 aromatic heterocycles. The van der Waals surface area contributed by atoms with E-state index in [1.54, 1.807) is 24.3 Å². The average Bonchev–Trinajstić information content (AvgIpc) is 2.88. The molecule has 0 aliphatic rings. The molecular weight excluding hydrogens is 568 g/mol. The molecule has 0 saturated heterocycles. The minimum Gasteiger partial charge on any atom is -0.350 e. The van der Waals surface area contributed by atoms with Gasteiger partial charge < -0.3 is 10.2 Å². The monoisotopic (exact) mass is 600 g/mol. The van der Waals surface area contributed by atoms with E-state index in [-0.39, 0.29) is 24.3 Å². The molecule has 1 atom stereocenters. The molecule has 0 spiro atoms. The van der Waals surface area contributed by atoms with Crippen molar-refractivity contribution in [1.29, 1.82) is 0 Å². The second-order valence-corrected chi connectivity index (χ2v) is 13.0. The lowest BCUT2D eigenvalue weighted by atomic mass is 10.0. The Morgan fingerprint density at radius 1 is 0.976 bits per heavy atom. The summed E-state index contributed by atoms with van der Waals surface area (Å²) in [5.41, 5.74) is 0.443. The van der Waals surface area contributed by atoms with Crippen molar-refractivity contribution in [3.63, 3.8) is 0 Å². The Morgan fingerprint density at radius 3 is 2.20 bits per heavy atom. The third-order valence-electron chi connectivity index (χ3n) is 6.02. The molecule has 3 rings (SSSR count). The number of nitrogens with one attached hydrogen (secondary N) is 1. The fourth-order valence-electron chi connectivity index (χ4n) is 4.21. The molecule has 218 valence electrons. The lowest BCUT2D eigenvalue weighted by Gasteiger charge is -2.35. The van der Waals surface area contributed by atoms with Crippen LogP contribution in [0.4, 0.5) is 11.4 Å². The van der Waals surface area contributed by atoms with Gasteiger partial charge in [-0.1, -0.05) is 60.1 Å². The summed E-state index contributed by atoms with van der Waals surface area (Å²) in [6.45, 7) is 4.74. The molecule has 0 saturated carbocycles. The zero-order valence-corrected chi connectivity index (χ0v) is 24.9. The minimum atomic E-state index is -4.06. The molecule has 41 heavy (non-hydrogen) atoms. The van der Waals surface area contributed by atoms with Gasteiger partial charge in [0.05, 0.1) is 16.9 Å². The highest BCUT2D eigenvalue weighted by molar-refractivity contribution is 7.92. The summed E-state index contributed by atoms with van der Waals surface area (Å²) in [5.74, 6) is -1.09. The first-order chi connectivity index (χ1) is 19.1. The lowest BCUT2D eigenvalue weighted by molar-refractivity contribution is -0.384. The van der Waals surface area contributed by atoms with Gasteiger partial charge in [0.1, 0.15) is 12.6 Å². The molecule has 0 fully saturated rings. The van der Waals surface area contributed by atoms with Crippen LogP contribution in [0.2, 0.25) is 5.02 Å². The molecule has 0 aliphatic heterocycles. The van der Waals surface area contributed by atoms with E-state index in [9.17, 15) is 28.1 Å². The third-order valence-corrected chi connectivity index (χ3v) is 7.39. The number of nitrogens with zero attached hydrogens (tertiary/aromatic N) is 3. The van der Waals surface area contributed by atoms with Crippen LogP contribution in [0.3, 0.4) is 0 Å². The fourth-order valence-corrected chi connectivity index (χ4v) is 5.27. The maximum absolute atomic E-state index is 14.1. The predicted octanol–water partition coefficient (Wildman–Crippen LogP) is 4.57. The number of non-ortho nitro benzene ring substituents is 1. The van der Waals surface area contributed by atoms with Gasteiger partial charge in [0.25, 0.3) is 5.69 Å². The topological polar surface area (TPSA) is 130 Å². The maximum Gasteiger partial charge on any atom is 0.271 e. The van der Waals surface area contributed by atoms with Gasteiger partial charge >= 0.3 is 0 Å². The summed E-state index contributed by atoms with van der Waals surface area (Å²) in [5, 5.41) is 14.7. The van der Waals surface area contributed by atoms with Crippen LogP contribution >= 0.6 is 11.6 Å². The maximum atomic E-state index is 14.1. The number of carbonyl (C=O) groups excluding carboxylic acids is 2. The molecular formula is C29H33ClN4O6S. The van der Waals surface area contributed by atoms with Crippen molar-refractivity contribution in [2.75, 3.05) is 17.1 Å². The number of anilines is 1. The second-order valence-electron chi connectivity index (χ2n) is 10.6. The van der Waals surface area contributed by atoms with Crippen molar-refractivity contribution >= 4 is 44.8 Å². The summed E-state index contributed by atoms with van der Waals surface area (Å²) in [4.78, 5) is 39.8. The number of hydrogen-bond acceptors (Lipinski definition) is 6. The zero-order chi connectivity index (χ0) is 30.4. The second kappa shape index (κ2) is 13.1. The molecule has 2 amide bonds. The van der Waals surface area contributed by atoms with Crippen LogP contribution < -0.4 is 9.62 Å². The van der Waals surface area contributed by atoms with E-state index < -0.39 is 44.9 Å². The molecule has 1 unspecified atom stereocenters. The van der Waals surface area contributed by atoms with E-state index in [1.807, 2.05) is 51.1 Å². The smallest absolute Gasteiger partial charge is 0.271 e. The number of carbonyl (C=O) groups is 2. The number of sulfonamides is 1. The van der Waals surface area contributed by atoms with E-state index in [0.717, 1.165) is 22.2 Å². The number of benzene rings is 3. The molecule has 1 N–H and O–H groups in total. The number of halogens is 1. The summed E-state index contributed by atoms with van der Waals surface area (Å²) < 4.78 is 26.5. The van der Waals surface area contributed by atoms with Gasteiger partial charge in [-0.25, -0.2) is 8.42 Å². The number of rotatable bonds is 11. The van der Waals surface area contributed by atoms with E-state index in [1.165, 1.54) is 23.1 Å². The Hall–Kier alpha value is -3.96. The molecule has 0 radical (unpaired) electrons. The van der Waals surface area contributed by atoms with Crippen molar-refractivity contribution in [2.24, 2.45) is 0 Å².